The minimum atomic E-state index is 0.409. The van der Waals surface area contributed by atoms with Gasteiger partial charge in [-0.25, -0.2) is 4.98 Å². The Balaban J connectivity index is 1.39. The van der Waals surface area contributed by atoms with Crippen LogP contribution in [0.1, 0.15) is 18.4 Å². The molecule has 3 aliphatic heterocycles. The number of tetrazole rings is 1. The Bertz CT molecular complexity index is 1030. The van der Waals surface area contributed by atoms with Crippen molar-refractivity contribution in [1.29, 1.82) is 0 Å². The van der Waals surface area contributed by atoms with E-state index in [1.807, 2.05) is 24.4 Å². The predicted molar refractivity (Wildman–Crippen MR) is 118 cm³/mol. The van der Waals surface area contributed by atoms with Crippen LogP contribution >= 0.6 is 23.2 Å². The molecular weight excluding hydrogens is 423 g/mol. The fraction of sp³-hybridized carbons (Fsp3) is 0.400. The monoisotopic (exact) mass is 444 g/mol. The zero-order valence-electron chi connectivity index (χ0n) is 16.4. The van der Waals surface area contributed by atoms with Gasteiger partial charge in [0.25, 0.3) is 0 Å². The van der Waals surface area contributed by atoms with Gasteiger partial charge >= 0.3 is 0 Å². The third kappa shape index (κ3) is 3.71. The Labute approximate surface area is 184 Å². The maximum atomic E-state index is 6.36. The lowest BCUT2D eigenvalue weighted by atomic mass is 10.0. The molecule has 30 heavy (non-hydrogen) atoms. The molecule has 0 spiro atoms. The summed E-state index contributed by atoms with van der Waals surface area (Å²) < 4.78 is 1.56. The third-order valence-corrected chi connectivity index (χ3v) is 6.67. The Kier molecular flexibility index (Phi) is 5.45. The van der Waals surface area contributed by atoms with Gasteiger partial charge in [0.05, 0.1) is 15.7 Å². The topological polar surface area (TPSA) is 75.0 Å². The second kappa shape index (κ2) is 8.37. The molecule has 3 fully saturated rings. The van der Waals surface area contributed by atoms with Gasteiger partial charge in [0.15, 0.2) is 0 Å². The molecule has 3 aliphatic rings. The van der Waals surface area contributed by atoms with E-state index in [1.165, 1.54) is 25.9 Å². The van der Waals surface area contributed by atoms with E-state index in [2.05, 4.69) is 36.7 Å². The average molecular weight is 445 g/mol. The first-order valence-corrected chi connectivity index (χ1v) is 10.9. The van der Waals surface area contributed by atoms with Gasteiger partial charge in [0.2, 0.25) is 5.95 Å². The summed E-state index contributed by atoms with van der Waals surface area (Å²) in [5.74, 6) is 1.54. The second-order valence-electron chi connectivity index (χ2n) is 7.59. The summed E-state index contributed by atoms with van der Waals surface area (Å²) in [4.78, 5) is 9.75. The van der Waals surface area contributed by atoms with Crippen molar-refractivity contribution in [3.63, 3.8) is 0 Å². The molecule has 5 heterocycles. The maximum Gasteiger partial charge on any atom is 0.248 e. The summed E-state index contributed by atoms with van der Waals surface area (Å²) in [6.07, 6.45) is 4.25. The van der Waals surface area contributed by atoms with Crippen molar-refractivity contribution in [3.05, 3.63) is 52.1 Å². The van der Waals surface area contributed by atoms with Crippen LogP contribution in [0.3, 0.4) is 0 Å². The number of nitrogens with zero attached hydrogens (tertiary/aromatic N) is 7. The molecule has 2 aromatic heterocycles. The summed E-state index contributed by atoms with van der Waals surface area (Å²) in [7, 11) is 0. The quantitative estimate of drug-likeness (QED) is 0.646. The molecule has 0 aliphatic carbocycles. The van der Waals surface area contributed by atoms with Crippen molar-refractivity contribution in [2.75, 3.05) is 36.4 Å². The van der Waals surface area contributed by atoms with Crippen LogP contribution in [0.15, 0.2) is 36.5 Å². The molecule has 0 radical (unpaired) electrons. The Morgan fingerprint density at radius 1 is 1.03 bits per heavy atom. The molecule has 1 N–H and O–H groups in total. The molecule has 6 rings (SSSR count). The highest BCUT2D eigenvalue weighted by molar-refractivity contribution is 6.43. The smallest absolute Gasteiger partial charge is 0.248 e. The molecule has 156 valence electrons. The Hall–Kier alpha value is -2.42. The maximum absolute atomic E-state index is 6.36. The molecule has 0 amide bonds. The normalized spacial score (nSPS) is 20.9. The standard InChI is InChI=1S/C20H22Cl2N8/c21-16-4-1-5-17(18(16)22)30-20(25-26-27-30)24-13-14-3-2-8-23-19(14)29-12-11-28-9-6-15(29)7-10-28/h1-5,8,15H,6-7,9-13H2,(H,24,25,27). The number of benzene rings is 1. The molecule has 8 nitrogen and oxygen atoms in total. The van der Waals surface area contributed by atoms with Crippen LogP contribution in [0.4, 0.5) is 11.8 Å². The van der Waals surface area contributed by atoms with Crippen LogP contribution < -0.4 is 10.2 Å². The number of hydrogen-bond donors (Lipinski definition) is 1. The van der Waals surface area contributed by atoms with Crippen LogP contribution in [-0.4, -0.2) is 62.3 Å². The van der Waals surface area contributed by atoms with Crippen LogP contribution in [0.5, 0.6) is 0 Å². The van der Waals surface area contributed by atoms with Gasteiger partial charge in [-0.05, 0) is 41.5 Å². The Morgan fingerprint density at radius 2 is 1.90 bits per heavy atom. The number of aromatic nitrogens is 5. The van der Waals surface area contributed by atoms with Gasteiger partial charge in [-0.3, -0.25) is 0 Å². The number of rotatable bonds is 5. The zero-order chi connectivity index (χ0) is 20.5. The molecule has 2 bridgehead atoms. The van der Waals surface area contributed by atoms with Crippen molar-refractivity contribution in [2.24, 2.45) is 0 Å². The van der Waals surface area contributed by atoms with Gasteiger partial charge in [0.1, 0.15) is 5.82 Å². The molecule has 1 aromatic carbocycles. The summed E-state index contributed by atoms with van der Waals surface area (Å²) in [5, 5.41) is 16.2. The lowest BCUT2D eigenvalue weighted by molar-refractivity contribution is 0.250. The number of fused-ring (bicyclic) bond motifs is 4. The second-order valence-corrected chi connectivity index (χ2v) is 8.38. The van der Waals surface area contributed by atoms with Gasteiger partial charge in [-0.2, -0.15) is 4.68 Å². The van der Waals surface area contributed by atoms with Gasteiger partial charge in [-0.1, -0.05) is 40.4 Å². The molecular formula is C20H22Cl2N8. The fourth-order valence-corrected chi connectivity index (χ4v) is 4.66. The first kappa shape index (κ1) is 19.5. The van der Waals surface area contributed by atoms with E-state index in [-0.39, 0.29) is 0 Å². The lowest BCUT2D eigenvalue weighted by Crippen LogP contribution is -2.38. The van der Waals surface area contributed by atoms with Crippen molar-refractivity contribution >= 4 is 35.0 Å². The highest BCUT2D eigenvalue weighted by Crippen LogP contribution is 2.30. The van der Waals surface area contributed by atoms with Gasteiger partial charge in [-0.15, -0.1) is 0 Å². The summed E-state index contributed by atoms with van der Waals surface area (Å²) in [6, 6.07) is 10.0. The number of pyridine rings is 1. The van der Waals surface area contributed by atoms with Crippen molar-refractivity contribution < 1.29 is 0 Å². The van der Waals surface area contributed by atoms with Crippen molar-refractivity contribution in [1.82, 2.24) is 30.1 Å². The minimum Gasteiger partial charge on any atom is -0.352 e. The van der Waals surface area contributed by atoms with Crippen LogP contribution in [0, 0.1) is 0 Å². The van der Waals surface area contributed by atoms with E-state index in [0.717, 1.165) is 24.5 Å². The number of hydrogen-bond acceptors (Lipinski definition) is 7. The fourth-order valence-electron chi connectivity index (χ4n) is 4.28. The van der Waals surface area contributed by atoms with E-state index in [1.54, 1.807) is 10.7 Å². The van der Waals surface area contributed by atoms with Gasteiger partial charge in [0, 0.05) is 50.5 Å². The molecule has 3 aromatic rings. The average Bonchev–Trinajstić information content (AvgIpc) is 3.03. The molecule has 10 heteroatoms. The number of piperidine rings is 1. The van der Waals surface area contributed by atoms with E-state index in [4.69, 9.17) is 28.2 Å². The molecule has 0 unspecified atom stereocenters. The first-order valence-electron chi connectivity index (χ1n) is 10.1. The number of anilines is 2. The predicted octanol–water partition coefficient (Wildman–Crippen LogP) is 3.26. The van der Waals surface area contributed by atoms with Crippen molar-refractivity contribution in [2.45, 2.75) is 25.4 Å². The molecule has 0 atom stereocenters. The number of nitrogens with one attached hydrogen (secondary N) is 1. The zero-order valence-corrected chi connectivity index (χ0v) is 17.9. The van der Waals surface area contributed by atoms with E-state index < -0.39 is 0 Å². The largest absolute Gasteiger partial charge is 0.352 e. The minimum absolute atomic E-state index is 0.409. The Morgan fingerprint density at radius 3 is 2.77 bits per heavy atom. The van der Waals surface area contributed by atoms with E-state index >= 15 is 0 Å². The van der Waals surface area contributed by atoms with Crippen LogP contribution in [-0.2, 0) is 6.54 Å². The van der Waals surface area contributed by atoms with E-state index in [9.17, 15) is 0 Å². The SMILES string of the molecule is Clc1cccc(-n2nnnc2NCc2cccnc2N2CCN3CCC2CC3)c1Cl. The van der Waals surface area contributed by atoms with Crippen LogP contribution in [0.25, 0.3) is 5.69 Å². The van der Waals surface area contributed by atoms with Crippen molar-refractivity contribution in [3.8, 4) is 5.69 Å². The summed E-state index contributed by atoms with van der Waals surface area (Å²) in [6.45, 7) is 5.00. The lowest BCUT2D eigenvalue weighted by Gasteiger charge is -2.33. The van der Waals surface area contributed by atoms with Crippen LogP contribution in [0.2, 0.25) is 10.0 Å². The molecule has 3 saturated heterocycles. The first-order chi connectivity index (χ1) is 14.7. The summed E-state index contributed by atoms with van der Waals surface area (Å²) >= 11 is 12.5. The third-order valence-electron chi connectivity index (χ3n) is 5.86. The van der Waals surface area contributed by atoms with Gasteiger partial charge < -0.3 is 15.1 Å². The van der Waals surface area contributed by atoms with E-state index in [0.29, 0.717) is 34.3 Å². The highest BCUT2D eigenvalue weighted by Gasteiger charge is 2.30. The summed E-state index contributed by atoms with van der Waals surface area (Å²) in [5.41, 5.74) is 1.74. The highest BCUT2D eigenvalue weighted by atomic mass is 35.5. The molecule has 0 saturated carbocycles. The number of halogens is 2.